The molecule has 0 atom stereocenters. The summed E-state index contributed by atoms with van der Waals surface area (Å²) in [6, 6.07) is 19.4. The van der Waals surface area contributed by atoms with Crippen LogP contribution < -0.4 is 21.7 Å². The minimum Gasteiger partial charge on any atom is -0.382 e. The van der Waals surface area contributed by atoms with E-state index >= 15 is 0 Å². The normalized spacial score (nSPS) is 10.1. The molecule has 0 aliphatic rings. The fourth-order valence-corrected chi connectivity index (χ4v) is 2.26. The van der Waals surface area contributed by atoms with Gasteiger partial charge in [-0.2, -0.15) is 0 Å². The molecule has 0 fully saturated rings. The van der Waals surface area contributed by atoms with Crippen molar-refractivity contribution in [3.05, 3.63) is 71.8 Å². The van der Waals surface area contributed by atoms with Crippen molar-refractivity contribution in [1.82, 2.24) is 4.98 Å². The SMILES string of the molecule is Nc1nc(Nc2ccccc2)ccc1NC(=O)Nc1ccc(Cl)cc1. The fourth-order valence-electron chi connectivity index (χ4n) is 2.14. The van der Waals surface area contributed by atoms with Crippen LogP contribution in [-0.4, -0.2) is 11.0 Å². The lowest BCUT2D eigenvalue weighted by atomic mass is 10.3. The quantitative estimate of drug-likeness (QED) is 0.546. The van der Waals surface area contributed by atoms with Gasteiger partial charge in [0.25, 0.3) is 0 Å². The standard InChI is InChI=1S/C18H16ClN5O/c19-12-6-8-14(9-7-12)22-18(25)23-15-10-11-16(24-17(15)20)21-13-4-2-1-3-5-13/h1-11H,(H3,20,21,24)(H2,22,23,25). The Kier molecular flexibility index (Phi) is 5.01. The van der Waals surface area contributed by atoms with E-state index in [2.05, 4.69) is 20.9 Å². The number of nitrogens with zero attached hydrogens (tertiary/aromatic N) is 1. The van der Waals surface area contributed by atoms with E-state index in [0.29, 0.717) is 22.2 Å². The number of anilines is 5. The number of nitrogens with two attached hydrogens (primary N) is 1. The van der Waals surface area contributed by atoms with Crippen LogP contribution in [0.25, 0.3) is 0 Å². The first-order valence-electron chi connectivity index (χ1n) is 7.52. The smallest absolute Gasteiger partial charge is 0.323 e. The molecule has 0 saturated heterocycles. The Morgan fingerprint density at radius 2 is 1.60 bits per heavy atom. The van der Waals surface area contributed by atoms with Crippen LogP contribution in [0.4, 0.5) is 33.5 Å². The van der Waals surface area contributed by atoms with Crippen LogP contribution >= 0.6 is 11.6 Å². The summed E-state index contributed by atoms with van der Waals surface area (Å²) in [5, 5.41) is 9.09. The lowest BCUT2D eigenvalue weighted by Gasteiger charge is -2.11. The van der Waals surface area contributed by atoms with E-state index in [4.69, 9.17) is 17.3 Å². The molecule has 2 aromatic carbocycles. The van der Waals surface area contributed by atoms with Crippen LogP contribution in [0.15, 0.2) is 66.7 Å². The lowest BCUT2D eigenvalue weighted by Crippen LogP contribution is -2.20. The fraction of sp³-hybridized carbons (Fsp3) is 0. The third-order valence-corrected chi connectivity index (χ3v) is 3.57. The number of nitrogen functional groups attached to an aromatic ring is 1. The molecule has 7 heteroatoms. The zero-order valence-electron chi connectivity index (χ0n) is 13.2. The molecule has 0 bridgehead atoms. The van der Waals surface area contributed by atoms with Crippen molar-refractivity contribution >= 4 is 46.3 Å². The Hall–Kier alpha value is -3.25. The molecule has 25 heavy (non-hydrogen) atoms. The number of nitrogens with one attached hydrogen (secondary N) is 3. The third kappa shape index (κ3) is 4.62. The van der Waals surface area contributed by atoms with E-state index < -0.39 is 6.03 Å². The molecule has 1 aromatic heterocycles. The number of pyridine rings is 1. The zero-order chi connectivity index (χ0) is 17.6. The first-order chi connectivity index (χ1) is 12.1. The van der Waals surface area contributed by atoms with Gasteiger partial charge in [-0.1, -0.05) is 29.8 Å². The average Bonchev–Trinajstić information content (AvgIpc) is 2.60. The van der Waals surface area contributed by atoms with Crippen molar-refractivity contribution in [1.29, 1.82) is 0 Å². The maximum atomic E-state index is 12.0. The number of hydrogen-bond acceptors (Lipinski definition) is 4. The number of rotatable bonds is 4. The van der Waals surface area contributed by atoms with E-state index in [1.807, 2.05) is 30.3 Å². The second-order valence-electron chi connectivity index (χ2n) is 5.21. The minimum absolute atomic E-state index is 0.215. The highest BCUT2D eigenvalue weighted by atomic mass is 35.5. The minimum atomic E-state index is -0.417. The molecule has 6 nitrogen and oxygen atoms in total. The summed E-state index contributed by atoms with van der Waals surface area (Å²) in [6.45, 7) is 0. The van der Waals surface area contributed by atoms with Gasteiger partial charge in [0.2, 0.25) is 0 Å². The number of carbonyl (C=O) groups excluding carboxylic acids is 1. The first kappa shape index (κ1) is 16.6. The van der Waals surface area contributed by atoms with E-state index in [0.717, 1.165) is 5.69 Å². The van der Waals surface area contributed by atoms with Gasteiger partial charge in [-0.3, -0.25) is 0 Å². The number of aromatic nitrogens is 1. The van der Waals surface area contributed by atoms with Crippen LogP contribution in [0.1, 0.15) is 0 Å². The maximum Gasteiger partial charge on any atom is 0.323 e. The molecule has 2 amide bonds. The van der Waals surface area contributed by atoms with E-state index in [9.17, 15) is 4.79 Å². The van der Waals surface area contributed by atoms with Crippen LogP contribution in [0.5, 0.6) is 0 Å². The summed E-state index contributed by atoms with van der Waals surface area (Å²) in [5.41, 5.74) is 7.87. The van der Waals surface area contributed by atoms with Crippen LogP contribution in [0.2, 0.25) is 5.02 Å². The summed E-state index contributed by atoms with van der Waals surface area (Å²) < 4.78 is 0. The van der Waals surface area contributed by atoms with E-state index in [1.54, 1.807) is 36.4 Å². The molecule has 0 aliphatic heterocycles. The molecule has 0 aliphatic carbocycles. The summed E-state index contributed by atoms with van der Waals surface area (Å²) in [6.07, 6.45) is 0. The van der Waals surface area contributed by atoms with Gasteiger partial charge in [-0.25, -0.2) is 9.78 Å². The predicted molar refractivity (Wildman–Crippen MR) is 102 cm³/mol. The van der Waals surface area contributed by atoms with Gasteiger partial charge >= 0.3 is 6.03 Å². The first-order valence-corrected chi connectivity index (χ1v) is 7.90. The summed E-state index contributed by atoms with van der Waals surface area (Å²) in [5.74, 6) is 0.805. The maximum absolute atomic E-state index is 12.0. The van der Waals surface area contributed by atoms with Gasteiger partial charge in [0, 0.05) is 16.4 Å². The molecule has 3 aromatic rings. The molecule has 126 valence electrons. The van der Waals surface area contributed by atoms with Crippen LogP contribution in [-0.2, 0) is 0 Å². The van der Waals surface area contributed by atoms with Gasteiger partial charge in [-0.05, 0) is 48.5 Å². The monoisotopic (exact) mass is 353 g/mol. The Morgan fingerprint density at radius 1 is 0.880 bits per heavy atom. The van der Waals surface area contributed by atoms with Crippen LogP contribution in [0, 0.1) is 0 Å². The molecule has 3 rings (SSSR count). The van der Waals surface area contributed by atoms with Crippen molar-refractivity contribution in [3.63, 3.8) is 0 Å². The van der Waals surface area contributed by atoms with E-state index in [-0.39, 0.29) is 5.82 Å². The van der Waals surface area contributed by atoms with Gasteiger partial charge in [0.1, 0.15) is 11.6 Å². The highest BCUT2D eigenvalue weighted by Crippen LogP contribution is 2.22. The second-order valence-corrected chi connectivity index (χ2v) is 5.64. The summed E-state index contributed by atoms with van der Waals surface area (Å²) in [7, 11) is 0. The van der Waals surface area contributed by atoms with Crippen molar-refractivity contribution < 1.29 is 4.79 Å². The van der Waals surface area contributed by atoms with Gasteiger partial charge in [0.05, 0.1) is 5.69 Å². The highest BCUT2D eigenvalue weighted by molar-refractivity contribution is 6.30. The van der Waals surface area contributed by atoms with Crippen molar-refractivity contribution in [2.24, 2.45) is 0 Å². The Labute approximate surface area is 150 Å². The number of amides is 2. The average molecular weight is 354 g/mol. The summed E-state index contributed by atoms with van der Waals surface area (Å²) >= 11 is 5.81. The molecule has 0 unspecified atom stereocenters. The Balaban J connectivity index is 1.64. The second kappa shape index (κ2) is 7.55. The molecular formula is C18H16ClN5O. The van der Waals surface area contributed by atoms with Crippen molar-refractivity contribution in [2.75, 3.05) is 21.7 Å². The molecule has 0 spiro atoms. The Morgan fingerprint density at radius 3 is 2.28 bits per heavy atom. The molecule has 1 heterocycles. The molecule has 0 saturated carbocycles. The van der Waals surface area contributed by atoms with Crippen molar-refractivity contribution in [2.45, 2.75) is 0 Å². The van der Waals surface area contributed by atoms with Gasteiger partial charge in [0.15, 0.2) is 0 Å². The van der Waals surface area contributed by atoms with E-state index in [1.165, 1.54) is 0 Å². The number of para-hydroxylation sites is 1. The predicted octanol–water partition coefficient (Wildman–Crippen LogP) is 4.70. The van der Waals surface area contributed by atoms with Crippen molar-refractivity contribution in [3.8, 4) is 0 Å². The third-order valence-electron chi connectivity index (χ3n) is 3.32. The number of halogens is 1. The topological polar surface area (TPSA) is 92.1 Å². The zero-order valence-corrected chi connectivity index (χ0v) is 13.9. The largest absolute Gasteiger partial charge is 0.382 e. The lowest BCUT2D eigenvalue weighted by molar-refractivity contribution is 0.262. The highest BCUT2D eigenvalue weighted by Gasteiger charge is 2.08. The summed E-state index contributed by atoms with van der Waals surface area (Å²) in [4.78, 5) is 16.3. The number of benzene rings is 2. The number of hydrogen-bond donors (Lipinski definition) is 4. The van der Waals surface area contributed by atoms with Gasteiger partial charge in [-0.15, -0.1) is 0 Å². The number of carbonyl (C=O) groups is 1. The van der Waals surface area contributed by atoms with Crippen LogP contribution in [0.3, 0.4) is 0 Å². The number of urea groups is 1. The molecular weight excluding hydrogens is 338 g/mol. The Bertz CT molecular complexity index is 868. The molecule has 5 N–H and O–H groups in total. The molecule has 0 radical (unpaired) electrons. The van der Waals surface area contributed by atoms with Gasteiger partial charge < -0.3 is 21.7 Å².